The first-order chi connectivity index (χ1) is 16.8. The Labute approximate surface area is 203 Å². The van der Waals surface area contributed by atoms with E-state index in [4.69, 9.17) is 4.74 Å². The molecule has 0 unspecified atom stereocenters. The van der Waals surface area contributed by atoms with Crippen LogP contribution in [0.1, 0.15) is 48.3 Å². The second-order valence-electron chi connectivity index (χ2n) is 9.39. The number of nitrogens with zero attached hydrogens (tertiary/aromatic N) is 7. The number of aromatic nitrogens is 5. The fraction of sp³-hybridized carbons (Fsp3) is 0.480. The normalized spacial score (nSPS) is 20.9. The van der Waals surface area contributed by atoms with Gasteiger partial charge in [0.1, 0.15) is 11.4 Å². The zero-order chi connectivity index (χ0) is 24.9. The van der Waals surface area contributed by atoms with Crippen LogP contribution in [0.15, 0.2) is 18.2 Å². The molecule has 2 aliphatic rings. The maximum atomic E-state index is 13.8. The fourth-order valence-corrected chi connectivity index (χ4v) is 5.34. The number of aliphatic hydroxyl groups is 1. The van der Waals surface area contributed by atoms with Gasteiger partial charge in [-0.3, -0.25) is 4.79 Å². The number of amides is 1. The molecule has 1 N–H and O–H groups in total. The van der Waals surface area contributed by atoms with Crippen LogP contribution in [0.4, 0.5) is 0 Å². The van der Waals surface area contributed by atoms with Gasteiger partial charge in [0, 0.05) is 18.7 Å². The summed E-state index contributed by atoms with van der Waals surface area (Å²) in [7, 11) is 3.34. The maximum absolute atomic E-state index is 13.8. The Hall–Kier alpha value is -3.71. The summed E-state index contributed by atoms with van der Waals surface area (Å²) in [4.78, 5) is 16.7. The second-order valence-corrected chi connectivity index (χ2v) is 9.39. The zero-order valence-corrected chi connectivity index (χ0v) is 20.4. The number of nitriles is 1. The Morgan fingerprint density at radius 3 is 2.77 bits per heavy atom. The van der Waals surface area contributed by atoms with Crippen molar-refractivity contribution in [1.82, 2.24) is 29.7 Å². The first-order valence-electron chi connectivity index (χ1n) is 11.9. The zero-order valence-electron chi connectivity index (χ0n) is 20.4. The highest BCUT2D eigenvalue weighted by atomic mass is 16.5. The number of carbonyl (C=O) groups excluding carboxylic acids is 1. The third-order valence-electron chi connectivity index (χ3n) is 7.26. The van der Waals surface area contributed by atoms with E-state index in [0.717, 1.165) is 47.2 Å². The lowest BCUT2D eigenvalue weighted by molar-refractivity contribution is 0.0508. The fourth-order valence-electron chi connectivity index (χ4n) is 5.34. The van der Waals surface area contributed by atoms with Crippen LogP contribution in [-0.4, -0.2) is 66.0 Å². The first kappa shape index (κ1) is 23.1. The van der Waals surface area contributed by atoms with Crippen LogP contribution in [-0.2, 0) is 26.4 Å². The van der Waals surface area contributed by atoms with E-state index in [1.165, 1.54) is 9.70 Å². The Kier molecular flexibility index (Phi) is 5.60. The summed E-state index contributed by atoms with van der Waals surface area (Å²) in [5.41, 5.74) is 4.29. The topological polar surface area (TPSA) is 122 Å². The van der Waals surface area contributed by atoms with E-state index in [9.17, 15) is 15.2 Å². The number of benzene rings is 1. The molecule has 2 aliphatic heterocycles. The molecule has 0 aliphatic carbocycles. The summed E-state index contributed by atoms with van der Waals surface area (Å²) in [6, 6.07) is 8.19. The summed E-state index contributed by atoms with van der Waals surface area (Å²) in [5.74, 6) is 0.933. The molecular weight excluding hydrogens is 446 g/mol. The molecule has 35 heavy (non-hydrogen) atoms. The average molecular weight is 476 g/mol. The van der Waals surface area contributed by atoms with Crippen LogP contribution in [0.5, 0.6) is 5.75 Å². The molecule has 3 aromatic rings. The number of rotatable bonds is 5. The molecular formula is C25H29N7O3. The van der Waals surface area contributed by atoms with Gasteiger partial charge in [-0.15, -0.1) is 10.2 Å². The Bertz CT molecular complexity index is 1350. The number of ether oxygens (including phenoxy) is 1. The van der Waals surface area contributed by atoms with Gasteiger partial charge < -0.3 is 19.3 Å². The van der Waals surface area contributed by atoms with Crippen LogP contribution >= 0.6 is 0 Å². The highest BCUT2D eigenvalue weighted by Crippen LogP contribution is 2.42. The van der Waals surface area contributed by atoms with E-state index < -0.39 is 11.6 Å². The maximum Gasteiger partial charge on any atom is 0.271 e. The summed E-state index contributed by atoms with van der Waals surface area (Å²) >= 11 is 0. The molecule has 1 amide bonds. The molecule has 1 aromatic carbocycles. The van der Waals surface area contributed by atoms with E-state index in [0.29, 0.717) is 36.8 Å². The molecule has 2 atom stereocenters. The highest BCUT2D eigenvalue weighted by molar-refractivity contribution is 5.96. The van der Waals surface area contributed by atoms with Gasteiger partial charge in [0.15, 0.2) is 5.54 Å². The van der Waals surface area contributed by atoms with Crippen molar-refractivity contribution in [2.75, 3.05) is 13.7 Å². The van der Waals surface area contributed by atoms with Crippen LogP contribution in [0.2, 0.25) is 0 Å². The van der Waals surface area contributed by atoms with E-state index in [1.54, 1.807) is 21.1 Å². The van der Waals surface area contributed by atoms with E-state index in [1.807, 2.05) is 18.2 Å². The molecule has 0 radical (unpaired) electrons. The molecule has 4 heterocycles. The highest BCUT2D eigenvalue weighted by Gasteiger charge is 2.48. The Morgan fingerprint density at radius 1 is 1.31 bits per heavy atom. The van der Waals surface area contributed by atoms with Gasteiger partial charge in [-0.05, 0) is 60.7 Å². The van der Waals surface area contributed by atoms with Gasteiger partial charge in [-0.2, -0.15) is 10.1 Å². The van der Waals surface area contributed by atoms with Gasteiger partial charge in [-0.25, -0.2) is 0 Å². The van der Waals surface area contributed by atoms with Crippen molar-refractivity contribution in [3.8, 4) is 34.5 Å². The molecule has 0 spiro atoms. The lowest BCUT2D eigenvalue weighted by Gasteiger charge is -2.31. The molecule has 10 heteroatoms. The van der Waals surface area contributed by atoms with Crippen LogP contribution in [0.3, 0.4) is 0 Å². The number of carbonyl (C=O) groups is 1. The van der Waals surface area contributed by atoms with Crippen molar-refractivity contribution in [3.63, 3.8) is 0 Å². The van der Waals surface area contributed by atoms with Crippen molar-refractivity contribution < 1.29 is 14.6 Å². The second kappa shape index (κ2) is 8.50. The van der Waals surface area contributed by atoms with Gasteiger partial charge in [0.2, 0.25) is 5.82 Å². The van der Waals surface area contributed by atoms with Crippen LogP contribution in [0, 0.1) is 11.3 Å². The van der Waals surface area contributed by atoms with Crippen LogP contribution < -0.4 is 4.74 Å². The Morgan fingerprint density at radius 2 is 2.11 bits per heavy atom. The van der Waals surface area contributed by atoms with Crippen molar-refractivity contribution in [1.29, 1.82) is 5.26 Å². The number of likely N-dealkylation sites (tertiary alicyclic amines) is 1. The lowest BCUT2D eigenvalue weighted by atomic mass is 9.92. The number of methoxy groups -OCH3 is 1. The van der Waals surface area contributed by atoms with Gasteiger partial charge in [0.05, 0.1) is 37.6 Å². The van der Waals surface area contributed by atoms with Crippen LogP contribution in [0.25, 0.3) is 22.6 Å². The number of hydrogen-bond donors (Lipinski definition) is 1. The minimum Gasteiger partial charge on any atom is -0.496 e. The predicted molar refractivity (Wildman–Crippen MR) is 128 cm³/mol. The van der Waals surface area contributed by atoms with Crippen molar-refractivity contribution in [2.45, 2.75) is 57.7 Å². The number of aliphatic hydroxyl groups excluding tert-OH is 1. The third kappa shape index (κ3) is 3.49. The quantitative estimate of drug-likeness (QED) is 0.601. The smallest absolute Gasteiger partial charge is 0.271 e. The van der Waals surface area contributed by atoms with Gasteiger partial charge in [0.25, 0.3) is 5.91 Å². The molecule has 0 saturated carbocycles. The molecule has 0 bridgehead atoms. The minimum absolute atomic E-state index is 0.220. The monoisotopic (exact) mass is 475 g/mol. The summed E-state index contributed by atoms with van der Waals surface area (Å²) in [5, 5.41) is 32.7. The standard InChI is InChI=1S/C25H29N7O3/c1-5-6-16-11-19(24(34)32-10-8-21(33)25(32,2)14-26)31-9-7-15-12-20(35-4)18(13-17(15)22(16)31)23-27-29-30(3)28-23/h11-13,21,33H,5-10H2,1-4H3/t21-,25-/m1/s1. The molecule has 1 fully saturated rings. The molecule has 5 rings (SSSR count). The van der Waals surface area contributed by atoms with E-state index in [2.05, 4.69) is 33.0 Å². The minimum atomic E-state index is -1.24. The van der Waals surface area contributed by atoms with E-state index >= 15 is 0 Å². The third-order valence-corrected chi connectivity index (χ3v) is 7.26. The summed E-state index contributed by atoms with van der Waals surface area (Å²) < 4.78 is 7.73. The van der Waals surface area contributed by atoms with Crippen molar-refractivity contribution in [2.24, 2.45) is 7.05 Å². The SMILES string of the molecule is CCCc1cc(C(=O)N2CC[C@@H](O)[C@@]2(C)C#N)n2c1-c1cc(-c3nnn(C)n3)c(OC)cc1CC2. The van der Waals surface area contributed by atoms with Crippen molar-refractivity contribution >= 4 is 5.91 Å². The van der Waals surface area contributed by atoms with Gasteiger partial charge in [-0.1, -0.05) is 13.3 Å². The number of tetrazole rings is 1. The number of fused-ring (bicyclic) bond motifs is 3. The van der Waals surface area contributed by atoms with E-state index in [-0.39, 0.29) is 5.91 Å². The molecule has 2 aromatic heterocycles. The Balaban J connectivity index is 1.66. The molecule has 182 valence electrons. The van der Waals surface area contributed by atoms with Gasteiger partial charge >= 0.3 is 0 Å². The molecule has 1 saturated heterocycles. The number of aryl methyl sites for hydroxylation is 3. The summed E-state index contributed by atoms with van der Waals surface area (Å²) in [6.07, 6.45) is 1.99. The predicted octanol–water partition coefficient (Wildman–Crippen LogP) is 2.35. The largest absolute Gasteiger partial charge is 0.496 e. The average Bonchev–Trinajstić information content (AvgIpc) is 3.54. The van der Waals surface area contributed by atoms with Crippen molar-refractivity contribution in [3.05, 3.63) is 35.0 Å². The molecule has 10 nitrogen and oxygen atoms in total. The number of hydrogen-bond acceptors (Lipinski definition) is 7. The lowest BCUT2D eigenvalue weighted by Crippen LogP contribution is -2.49. The summed E-state index contributed by atoms with van der Waals surface area (Å²) in [6.45, 7) is 4.74. The first-order valence-corrected chi connectivity index (χ1v) is 11.9.